The number of pyridine rings is 1. The Morgan fingerprint density at radius 2 is 1.17 bits per heavy atom. The molecule has 0 fully saturated rings. The maximum atomic E-state index is 9.51. The lowest BCUT2D eigenvalue weighted by Gasteiger charge is -2.32. The Bertz CT molecular complexity index is 4970. The van der Waals surface area contributed by atoms with Crippen LogP contribution in [0.3, 0.4) is 0 Å². The van der Waals surface area contributed by atoms with Crippen LogP contribution in [0.2, 0.25) is 0 Å². The minimum Gasteiger partial charge on any atom is -0.457 e. The molecule has 0 saturated heterocycles. The molecule has 14 rings (SSSR count). The van der Waals surface area contributed by atoms with Gasteiger partial charge in [-0.1, -0.05) is 245 Å². The highest BCUT2D eigenvalue weighted by molar-refractivity contribution is 7.23. The zero-order valence-electron chi connectivity index (χ0n) is 55.1. The van der Waals surface area contributed by atoms with E-state index in [0.717, 1.165) is 54.8 Å². The number of benzene rings is 11. The molecule has 400 valence electrons. The predicted molar refractivity (Wildman–Crippen MR) is 352 cm³/mol. The summed E-state index contributed by atoms with van der Waals surface area (Å²) in [6.45, 7) is 1.52. The first-order valence-corrected chi connectivity index (χ1v) is 29.9. The molecule has 0 aliphatic carbocycles. The number of hydrogen-bond acceptors (Lipinski definition) is 4. The van der Waals surface area contributed by atoms with Crippen LogP contribution in [0.4, 0.5) is 22.7 Å². The van der Waals surface area contributed by atoms with E-state index in [0.29, 0.717) is 62.3 Å². The molecular weight excluding hydrogens is 1020 g/mol. The van der Waals surface area contributed by atoms with Crippen molar-refractivity contribution >= 4 is 73.4 Å². The van der Waals surface area contributed by atoms with Crippen LogP contribution in [-0.2, 0) is 5.41 Å². The number of para-hydroxylation sites is 4. The zero-order valence-corrected chi connectivity index (χ0v) is 47.1. The van der Waals surface area contributed by atoms with E-state index in [1.165, 1.54) is 27.7 Å². The summed E-state index contributed by atoms with van der Waals surface area (Å²) in [5.74, 6) is 1.50. The number of ether oxygens (including phenoxy) is 1. The molecule has 83 heavy (non-hydrogen) atoms. The van der Waals surface area contributed by atoms with Gasteiger partial charge < -0.3 is 15.4 Å². The highest BCUT2D eigenvalue weighted by atomic mass is 28.3. The summed E-state index contributed by atoms with van der Waals surface area (Å²) in [6, 6.07) is 81.6. The van der Waals surface area contributed by atoms with Gasteiger partial charge in [0.2, 0.25) is 0 Å². The average Bonchev–Trinajstić information content (AvgIpc) is 1.50. The highest BCUT2D eigenvalue weighted by Crippen LogP contribution is 2.46. The lowest BCUT2D eigenvalue weighted by Crippen LogP contribution is -2.73. The van der Waals surface area contributed by atoms with E-state index in [2.05, 4.69) is 151 Å². The van der Waals surface area contributed by atoms with E-state index in [1.54, 1.807) is 24.4 Å². The summed E-state index contributed by atoms with van der Waals surface area (Å²) in [4.78, 5) is 5.12. The van der Waals surface area contributed by atoms with Crippen LogP contribution in [0.15, 0.2) is 273 Å². The van der Waals surface area contributed by atoms with Gasteiger partial charge in [0.1, 0.15) is 17.3 Å². The van der Waals surface area contributed by atoms with E-state index < -0.39 is 21.8 Å². The van der Waals surface area contributed by atoms with Crippen molar-refractivity contribution in [3.63, 3.8) is 0 Å². The highest BCUT2D eigenvalue weighted by Gasteiger charge is 2.51. The van der Waals surface area contributed by atoms with Crippen molar-refractivity contribution in [2.45, 2.75) is 39.9 Å². The Balaban J connectivity index is 0.952. The van der Waals surface area contributed by atoms with Gasteiger partial charge in [-0.15, -0.1) is 0 Å². The second kappa shape index (κ2) is 20.8. The molecule has 11 aromatic carbocycles. The third kappa shape index (κ3) is 9.00. The lowest BCUT2D eigenvalue weighted by molar-refractivity contribution is 0.486. The molecule has 13 aromatic rings. The van der Waals surface area contributed by atoms with Gasteiger partial charge in [0.15, 0.2) is 8.07 Å². The number of anilines is 4. The van der Waals surface area contributed by atoms with Crippen molar-refractivity contribution in [1.82, 2.24) is 9.55 Å². The second-order valence-corrected chi connectivity index (χ2v) is 25.9. The fourth-order valence-corrected chi connectivity index (χ4v) is 17.7. The molecule has 1 aliphatic heterocycles. The normalized spacial score (nSPS) is 14.4. The maximum absolute atomic E-state index is 9.51. The van der Waals surface area contributed by atoms with Gasteiger partial charge in [0.25, 0.3) is 0 Å². The summed E-state index contributed by atoms with van der Waals surface area (Å²) in [5, 5.41) is 14.1. The Morgan fingerprint density at radius 3 is 1.90 bits per heavy atom. The van der Waals surface area contributed by atoms with Gasteiger partial charge in [0.05, 0.1) is 32.2 Å². The van der Waals surface area contributed by atoms with Crippen LogP contribution in [0.5, 0.6) is 11.5 Å². The van der Waals surface area contributed by atoms with Gasteiger partial charge in [-0.2, -0.15) is 0 Å². The monoisotopic (exact) mass is 1100 g/mol. The van der Waals surface area contributed by atoms with Crippen LogP contribution in [0.25, 0.3) is 72.1 Å². The number of aryl methyl sites for hydroxylation is 2. The van der Waals surface area contributed by atoms with E-state index >= 15 is 0 Å². The standard InChI is InChI=1S/C77H62N4OSi/c1-51-42-44-54(45-43-51)65-50-78-72(46-52(65)2)81-68-40-19-15-34-63(68)73-69(81)49-70(74-64-35-16-20-41-71(64)83(76(73)74,59-30-11-7-12-31-59)60-32-13-8-14-33-60)82-58-29-22-28-57(48-58)79-66-38-17-18-39-67(66)80-75-61(53-24-9-6-10-25-53)36-23-37-62(75)55-26-21-27-56(47-55)77(3,4)5/h6-50,79-80H,1-5H3/i1D3,2D3,23D,36D,37D. The minimum absolute atomic E-state index is 0.0505. The molecule has 0 radical (unpaired) electrons. The molecule has 1 aliphatic rings. The smallest absolute Gasteiger partial charge is 0.181 e. The molecule has 5 nitrogen and oxygen atoms in total. The van der Waals surface area contributed by atoms with E-state index in [9.17, 15) is 4.11 Å². The van der Waals surface area contributed by atoms with E-state index in [1.807, 2.05) is 103 Å². The average molecular weight is 1100 g/mol. The molecule has 6 heteroatoms. The van der Waals surface area contributed by atoms with Gasteiger partial charge >= 0.3 is 0 Å². The van der Waals surface area contributed by atoms with Crippen molar-refractivity contribution in [3.05, 3.63) is 290 Å². The number of nitrogens with one attached hydrogen (secondary N) is 2. The summed E-state index contributed by atoms with van der Waals surface area (Å²) in [6.07, 6.45) is 1.58. The van der Waals surface area contributed by atoms with Crippen molar-refractivity contribution in [1.29, 1.82) is 0 Å². The largest absolute Gasteiger partial charge is 0.457 e. The summed E-state index contributed by atoms with van der Waals surface area (Å²) >= 11 is 0. The predicted octanol–water partition coefficient (Wildman–Crippen LogP) is 17.7. The Hall–Kier alpha value is -10.0. The molecule has 0 atom stereocenters. The molecule has 3 heterocycles. The summed E-state index contributed by atoms with van der Waals surface area (Å²) in [7, 11) is -3.33. The Kier molecular flexibility index (Phi) is 10.5. The van der Waals surface area contributed by atoms with Crippen molar-refractivity contribution in [2.75, 3.05) is 10.6 Å². The van der Waals surface area contributed by atoms with Gasteiger partial charge in [-0.25, -0.2) is 4.98 Å². The third-order valence-corrected chi connectivity index (χ3v) is 21.0. The number of hydrogen-bond donors (Lipinski definition) is 2. The Labute approximate surface area is 499 Å². The third-order valence-electron chi connectivity index (χ3n) is 16.1. The molecular formula is C77H62N4OSi. The van der Waals surface area contributed by atoms with Gasteiger partial charge in [-0.05, 0) is 110 Å². The number of aromatic nitrogens is 2. The van der Waals surface area contributed by atoms with Crippen LogP contribution in [0.1, 0.15) is 49.8 Å². The van der Waals surface area contributed by atoms with E-state index in [4.69, 9.17) is 17.9 Å². The lowest BCUT2D eigenvalue weighted by atomic mass is 9.85. The minimum atomic E-state index is -3.33. The van der Waals surface area contributed by atoms with Crippen LogP contribution in [-0.4, -0.2) is 17.6 Å². The van der Waals surface area contributed by atoms with Crippen molar-refractivity contribution in [2.24, 2.45) is 0 Å². The first-order chi connectivity index (χ1) is 44.3. The zero-order chi connectivity index (χ0) is 63.8. The van der Waals surface area contributed by atoms with Crippen LogP contribution < -0.4 is 36.1 Å². The number of fused-ring (bicyclic) bond motifs is 7. The molecule has 0 spiro atoms. The molecule has 0 amide bonds. The first-order valence-electron chi connectivity index (χ1n) is 32.4. The molecule has 2 aromatic heterocycles. The SMILES string of the molecule is [2H]c1c([2H])c(-c2ccccc2)c(Nc2ccccc2Nc2cccc(Oc3cc4c(c5c3-c3ccccc3[Si]5(c3ccccc3)c3ccccc3)c3ccccc3n4-c3cc(C([2H])([2H])[2H])c(-c4ccc(C([2H])([2H])[2H])cc4)cn3)c2)c(-c2cccc(C(C)(C)C)c2)c1[2H]. The molecule has 0 saturated carbocycles. The topological polar surface area (TPSA) is 51.1 Å². The molecule has 0 unspecified atom stereocenters. The molecule has 2 N–H and O–H groups in total. The van der Waals surface area contributed by atoms with Crippen molar-refractivity contribution in [3.8, 4) is 61.8 Å². The quantitative estimate of drug-likeness (QED) is 0.120. The number of nitrogens with zero attached hydrogens (tertiary/aromatic N) is 2. The van der Waals surface area contributed by atoms with Crippen molar-refractivity contribution < 1.29 is 17.1 Å². The fraction of sp³-hybridized carbons (Fsp3) is 0.0779. The van der Waals surface area contributed by atoms with E-state index in [-0.39, 0.29) is 34.7 Å². The fourth-order valence-electron chi connectivity index (χ4n) is 12.3. The summed E-state index contributed by atoms with van der Waals surface area (Å²) < 4.78 is 88.5. The first kappa shape index (κ1) is 41.9. The van der Waals surface area contributed by atoms with Gasteiger partial charge in [-0.3, -0.25) is 4.57 Å². The maximum Gasteiger partial charge on any atom is 0.181 e. The van der Waals surface area contributed by atoms with Gasteiger partial charge in [0, 0.05) is 65.3 Å². The van der Waals surface area contributed by atoms with Crippen LogP contribution >= 0.6 is 0 Å². The summed E-state index contributed by atoms with van der Waals surface area (Å²) in [5.41, 5.74) is 10.7. The number of rotatable bonds is 12. The second-order valence-electron chi connectivity index (χ2n) is 22.2. The van der Waals surface area contributed by atoms with Crippen LogP contribution in [0, 0.1) is 13.7 Å². The molecule has 0 bridgehead atoms. The Morgan fingerprint density at radius 1 is 0.530 bits per heavy atom.